The van der Waals surface area contributed by atoms with E-state index in [1.165, 1.54) is 6.42 Å². The molecular formula is C14H23N3O2. The van der Waals surface area contributed by atoms with E-state index < -0.39 is 5.91 Å². The molecule has 0 aromatic rings. The number of nitrogens with one attached hydrogen (secondary N) is 1. The molecule has 5 nitrogen and oxygen atoms in total. The highest BCUT2D eigenvalue weighted by atomic mass is 16.2. The topological polar surface area (TPSA) is 75.4 Å². The van der Waals surface area contributed by atoms with Gasteiger partial charge < -0.3 is 16.0 Å². The molecule has 0 bridgehead atoms. The highest BCUT2D eigenvalue weighted by Crippen LogP contribution is 2.54. The van der Waals surface area contributed by atoms with Crippen LogP contribution in [0.1, 0.15) is 32.1 Å². The van der Waals surface area contributed by atoms with Gasteiger partial charge in [-0.15, -0.1) is 0 Å². The van der Waals surface area contributed by atoms with Gasteiger partial charge in [0, 0.05) is 18.5 Å². The van der Waals surface area contributed by atoms with Crippen LogP contribution in [0.2, 0.25) is 0 Å². The van der Waals surface area contributed by atoms with Crippen molar-refractivity contribution < 1.29 is 9.59 Å². The summed E-state index contributed by atoms with van der Waals surface area (Å²) in [4.78, 5) is 25.6. The summed E-state index contributed by atoms with van der Waals surface area (Å²) in [5, 5.41) is 3.31. The number of carbonyl (C=O) groups is 2. The molecule has 5 heteroatoms. The smallest absolute Gasteiger partial charge is 0.237 e. The largest absolute Gasteiger partial charge is 0.368 e. The number of rotatable bonds is 4. The lowest BCUT2D eigenvalue weighted by molar-refractivity contribution is -0.141. The third-order valence-electron chi connectivity index (χ3n) is 4.91. The van der Waals surface area contributed by atoms with Crippen LogP contribution in [0.4, 0.5) is 0 Å². The number of primary amides is 1. The lowest BCUT2D eigenvalue weighted by Gasteiger charge is -2.35. The molecule has 3 N–H and O–H groups in total. The second kappa shape index (κ2) is 5.12. The zero-order valence-corrected chi connectivity index (χ0v) is 11.3. The average Bonchev–Trinajstić information content (AvgIpc) is 3.02. The number of hydrogen-bond acceptors (Lipinski definition) is 3. The van der Waals surface area contributed by atoms with Gasteiger partial charge in [0.05, 0.1) is 6.54 Å². The summed E-state index contributed by atoms with van der Waals surface area (Å²) in [6.45, 7) is 1.87. The first-order valence-corrected chi connectivity index (χ1v) is 7.44. The fourth-order valence-electron chi connectivity index (χ4n) is 3.81. The highest BCUT2D eigenvalue weighted by molar-refractivity contribution is 5.85. The molecule has 19 heavy (non-hydrogen) atoms. The van der Waals surface area contributed by atoms with E-state index in [9.17, 15) is 9.59 Å². The molecule has 2 saturated carbocycles. The second-order valence-corrected chi connectivity index (χ2v) is 6.36. The zero-order valence-electron chi connectivity index (χ0n) is 11.3. The Morgan fingerprint density at radius 2 is 1.95 bits per heavy atom. The van der Waals surface area contributed by atoms with E-state index in [0.29, 0.717) is 0 Å². The average molecular weight is 265 g/mol. The Labute approximate surface area is 113 Å². The van der Waals surface area contributed by atoms with E-state index in [-0.39, 0.29) is 24.4 Å². The molecule has 0 radical (unpaired) electrons. The molecule has 1 aliphatic heterocycles. The van der Waals surface area contributed by atoms with Crippen LogP contribution in [0.25, 0.3) is 0 Å². The Morgan fingerprint density at radius 3 is 2.53 bits per heavy atom. The lowest BCUT2D eigenvalue weighted by atomic mass is 9.98. The fraction of sp³-hybridized carbons (Fsp3) is 0.857. The van der Waals surface area contributed by atoms with Gasteiger partial charge in [-0.3, -0.25) is 9.59 Å². The van der Waals surface area contributed by atoms with Crippen molar-refractivity contribution in [1.29, 1.82) is 0 Å². The number of fused-ring (bicyclic) bond motifs is 1. The van der Waals surface area contributed by atoms with E-state index >= 15 is 0 Å². The van der Waals surface area contributed by atoms with E-state index in [1.54, 1.807) is 4.90 Å². The Balaban J connectivity index is 1.66. The highest BCUT2D eigenvalue weighted by Gasteiger charge is 2.49. The van der Waals surface area contributed by atoms with Crippen molar-refractivity contribution in [2.45, 2.75) is 38.1 Å². The Kier molecular flexibility index (Phi) is 3.48. The molecule has 1 heterocycles. The summed E-state index contributed by atoms with van der Waals surface area (Å²) < 4.78 is 0. The summed E-state index contributed by atoms with van der Waals surface area (Å²) >= 11 is 0. The van der Waals surface area contributed by atoms with Crippen molar-refractivity contribution in [2.24, 2.45) is 23.5 Å². The first-order chi connectivity index (χ1) is 9.15. The van der Waals surface area contributed by atoms with Crippen LogP contribution in [-0.4, -0.2) is 42.4 Å². The number of nitrogens with zero attached hydrogens (tertiary/aromatic N) is 1. The zero-order chi connectivity index (χ0) is 13.4. The van der Waals surface area contributed by atoms with Crippen molar-refractivity contribution in [1.82, 2.24) is 10.2 Å². The standard InChI is InChI=1S/C14H23N3O2/c15-13(18)8-17(12-2-1-3-16-7-12)14(19)11-5-9-4-10(9)6-11/h9-12,16H,1-8H2,(H2,15,18). The molecule has 2 amide bonds. The van der Waals surface area contributed by atoms with Gasteiger partial charge in [0.25, 0.3) is 0 Å². The van der Waals surface area contributed by atoms with Gasteiger partial charge >= 0.3 is 0 Å². The summed E-state index contributed by atoms with van der Waals surface area (Å²) in [5.74, 6) is 1.48. The summed E-state index contributed by atoms with van der Waals surface area (Å²) in [6, 6.07) is 0.144. The molecular weight excluding hydrogens is 242 g/mol. The van der Waals surface area contributed by atoms with Crippen molar-refractivity contribution in [3.05, 3.63) is 0 Å². The molecule has 3 rings (SSSR count). The van der Waals surface area contributed by atoms with Crippen LogP contribution in [0, 0.1) is 17.8 Å². The van der Waals surface area contributed by atoms with Crippen molar-refractivity contribution in [3.63, 3.8) is 0 Å². The van der Waals surface area contributed by atoms with E-state index in [1.807, 2.05) is 0 Å². The van der Waals surface area contributed by atoms with Gasteiger partial charge in [-0.05, 0) is 50.5 Å². The summed E-state index contributed by atoms with van der Waals surface area (Å²) in [7, 11) is 0. The van der Waals surface area contributed by atoms with Gasteiger partial charge in [0.1, 0.15) is 0 Å². The van der Waals surface area contributed by atoms with Gasteiger partial charge in [-0.2, -0.15) is 0 Å². The predicted molar refractivity (Wildman–Crippen MR) is 71.1 cm³/mol. The Hall–Kier alpha value is -1.10. The van der Waals surface area contributed by atoms with Gasteiger partial charge in [0.2, 0.25) is 11.8 Å². The molecule has 106 valence electrons. The second-order valence-electron chi connectivity index (χ2n) is 6.36. The molecule has 3 atom stereocenters. The molecule has 1 saturated heterocycles. The van der Waals surface area contributed by atoms with E-state index in [4.69, 9.17) is 5.73 Å². The third-order valence-corrected chi connectivity index (χ3v) is 4.91. The molecule has 2 aliphatic carbocycles. The number of hydrogen-bond donors (Lipinski definition) is 2. The van der Waals surface area contributed by atoms with E-state index in [2.05, 4.69) is 5.32 Å². The molecule has 3 aliphatic rings. The molecule has 0 aromatic carbocycles. The van der Waals surface area contributed by atoms with Crippen molar-refractivity contribution >= 4 is 11.8 Å². The Morgan fingerprint density at radius 1 is 1.21 bits per heavy atom. The first-order valence-electron chi connectivity index (χ1n) is 7.44. The van der Waals surface area contributed by atoms with E-state index in [0.717, 1.165) is 50.6 Å². The number of nitrogens with two attached hydrogens (primary N) is 1. The van der Waals surface area contributed by atoms with Crippen molar-refractivity contribution in [2.75, 3.05) is 19.6 Å². The fourth-order valence-corrected chi connectivity index (χ4v) is 3.81. The van der Waals surface area contributed by atoms with Gasteiger partial charge in [-0.1, -0.05) is 0 Å². The number of piperidine rings is 1. The Bertz CT molecular complexity index is 369. The lowest BCUT2D eigenvalue weighted by Crippen LogP contribution is -2.53. The summed E-state index contributed by atoms with van der Waals surface area (Å²) in [5.41, 5.74) is 5.32. The number of carbonyl (C=O) groups excluding carboxylic acids is 2. The third kappa shape index (κ3) is 2.76. The molecule has 0 spiro atoms. The van der Waals surface area contributed by atoms with Gasteiger partial charge in [-0.25, -0.2) is 0 Å². The normalized spacial score (nSPS) is 36.6. The first kappa shape index (κ1) is 12.9. The minimum atomic E-state index is -0.401. The molecule has 0 aromatic heterocycles. The minimum Gasteiger partial charge on any atom is -0.368 e. The molecule has 3 unspecified atom stereocenters. The maximum Gasteiger partial charge on any atom is 0.237 e. The minimum absolute atomic E-state index is 0.0804. The van der Waals surface area contributed by atoms with Gasteiger partial charge in [0.15, 0.2) is 0 Å². The molecule has 3 fully saturated rings. The number of amides is 2. The van der Waals surface area contributed by atoms with Crippen LogP contribution in [0.15, 0.2) is 0 Å². The van der Waals surface area contributed by atoms with Crippen LogP contribution in [0.5, 0.6) is 0 Å². The maximum atomic E-state index is 12.6. The van der Waals surface area contributed by atoms with Crippen molar-refractivity contribution in [3.8, 4) is 0 Å². The van der Waals surface area contributed by atoms with Crippen LogP contribution in [0.3, 0.4) is 0 Å². The van der Waals surface area contributed by atoms with Crippen LogP contribution < -0.4 is 11.1 Å². The SMILES string of the molecule is NC(=O)CN(C(=O)C1CC2CC2C1)C1CCCNC1. The monoisotopic (exact) mass is 265 g/mol. The predicted octanol–water partition coefficient (Wildman–Crippen LogP) is 0.0984. The quantitative estimate of drug-likeness (QED) is 0.757. The summed E-state index contributed by atoms with van der Waals surface area (Å²) in [6.07, 6.45) is 5.40. The van der Waals surface area contributed by atoms with Crippen LogP contribution >= 0.6 is 0 Å². The van der Waals surface area contributed by atoms with Crippen LogP contribution in [-0.2, 0) is 9.59 Å². The maximum absolute atomic E-state index is 12.6.